The van der Waals surface area contributed by atoms with Gasteiger partial charge in [0.15, 0.2) is 16.5 Å². The van der Waals surface area contributed by atoms with Crippen molar-refractivity contribution in [2.45, 2.75) is 23.4 Å². The minimum atomic E-state index is -4.57. The van der Waals surface area contributed by atoms with Crippen molar-refractivity contribution in [2.24, 2.45) is 0 Å². The Kier molecular flexibility index (Phi) is 4.37. The van der Waals surface area contributed by atoms with Gasteiger partial charge in [-0.25, -0.2) is 9.97 Å². The number of anilines is 1. The highest BCUT2D eigenvalue weighted by molar-refractivity contribution is 7.99. The van der Waals surface area contributed by atoms with Crippen LogP contribution in [0.3, 0.4) is 0 Å². The molecule has 0 unspecified atom stereocenters. The first kappa shape index (κ1) is 18.5. The standard InChI is InChI=1S/C18H15F3N6S/c1-10-8-15-24-25-17(27(15)12-7-5-4-6-11(10)12)28-16-22-13(18(19,20)21)9-14(23-16)26(2)3/h4-9H,1-3H3. The van der Waals surface area contributed by atoms with Crippen molar-refractivity contribution >= 4 is 34.1 Å². The third-order valence-electron chi connectivity index (χ3n) is 4.20. The van der Waals surface area contributed by atoms with Crippen molar-refractivity contribution in [3.05, 3.63) is 47.7 Å². The summed E-state index contributed by atoms with van der Waals surface area (Å²) >= 11 is 0.947. The van der Waals surface area contributed by atoms with Crippen molar-refractivity contribution in [1.29, 1.82) is 0 Å². The van der Waals surface area contributed by atoms with E-state index in [-0.39, 0.29) is 11.0 Å². The molecule has 0 fully saturated rings. The fourth-order valence-corrected chi connectivity index (χ4v) is 3.67. The molecule has 6 nitrogen and oxygen atoms in total. The van der Waals surface area contributed by atoms with Crippen LogP contribution >= 0.6 is 11.8 Å². The topological polar surface area (TPSA) is 59.2 Å². The number of hydrogen-bond donors (Lipinski definition) is 0. The minimum absolute atomic E-state index is 0.0440. The van der Waals surface area contributed by atoms with E-state index >= 15 is 0 Å². The zero-order valence-electron chi connectivity index (χ0n) is 15.2. The predicted octanol–water partition coefficient (Wildman–Crippen LogP) is 4.22. The van der Waals surface area contributed by atoms with Gasteiger partial charge >= 0.3 is 6.18 Å². The average Bonchev–Trinajstić information content (AvgIpc) is 3.03. The fourth-order valence-electron chi connectivity index (χ4n) is 2.86. The summed E-state index contributed by atoms with van der Waals surface area (Å²) in [6.07, 6.45) is -4.57. The van der Waals surface area contributed by atoms with Crippen molar-refractivity contribution in [1.82, 2.24) is 24.6 Å². The van der Waals surface area contributed by atoms with Crippen LogP contribution in [0, 0.1) is 6.92 Å². The second kappa shape index (κ2) is 6.62. The summed E-state index contributed by atoms with van der Waals surface area (Å²) in [5.41, 5.74) is 1.52. The van der Waals surface area contributed by atoms with E-state index in [9.17, 15) is 13.2 Å². The number of benzene rings is 1. The molecule has 4 rings (SSSR count). The monoisotopic (exact) mass is 404 g/mol. The summed E-state index contributed by atoms with van der Waals surface area (Å²) in [6.45, 7) is 1.98. The van der Waals surface area contributed by atoms with E-state index in [4.69, 9.17) is 0 Å². The Hall–Kier alpha value is -2.88. The van der Waals surface area contributed by atoms with E-state index < -0.39 is 11.9 Å². The zero-order valence-corrected chi connectivity index (χ0v) is 16.0. The summed E-state index contributed by atoms with van der Waals surface area (Å²) < 4.78 is 41.5. The highest BCUT2D eigenvalue weighted by Gasteiger charge is 2.34. The predicted molar refractivity (Wildman–Crippen MR) is 101 cm³/mol. The molecule has 0 amide bonds. The summed E-state index contributed by atoms with van der Waals surface area (Å²) in [7, 11) is 3.25. The molecule has 0 aliphatic carbocycles. The van der Waals surface area contributed by atoms with Crippen LogP contribution in [0.1, 0.15) is 11.3 Å². The van der Waals surface area contributed by atoms with Crippen LogP contribution in [0.4, 0.5) is 19.0 Å². The van der Waals surface area contributed by atoms with Crippen LogP contribution in [0.15, 0.2) is 46.7 Å². The normalized spacial score (nSPS) is 12.1. The third-order valence-corrected chi connectivity index (χ3v) is 5.01. The van der Waals surface area contributed by atoms with Crippen LogP contribution in [0.2, 0.25) is 0 Å². The molecule has 4 aromatic rings. The largest absolute Gasteiger partial charge is 0.433 e. The number of hydrogen-bond acceptors (Lipinski definition) is 6. The SMILES string of the molecule is Cc1cc2nnc(Sc3nc(N(C)C)cc(C(F)(F)F)n3)n2c2ccccc12. The molecule has 0 saturated heterocycles. The molecule has 0 spiro atoms. The number of halogens is 3. The Labute approximate surface area is 162 Å². The lowest BCUT2D eigenvalue weighted by molar-refractivity contribution is -0.141. The first-order valence-electron chi connectivity index (χ1n) is 8.29. The second-order valence-corrected chi connectivity index (χ2v) is 7.34. The molecule has 3 heterocycles. The Morgan fingerprint density at radius 1 is 1.04 bits per heavy atom. The number of para-hydroxylation sites is 1. The lowest BCUT2D eigenvalue weighted by atomic mass is 10.1. The fraction of sp³-hybridized carbons (Fsp3) is 0.222. The molecule has 0 N–H and O–H groups in total. The third kappa shape index (κ3) is 3.24. The van der Waals surface area contributed by atoms with Gasteiger partial charge < -0.3 is 4.90 Å². The van der Waals surface area contributed by atoms with Gasteiger partial charge in [0.1, 0.15) is 5.82 Å². The number of pyridine rings is 1. The minimum Gasteiger partial charge on any atom is -0.363 e. The molecule has 0 atom stereocenters. The molecule has 0 radical (unpaired) electrons. The van der Waals surface area contributed by atoms with Gasteiger partial charge in [-0.3, -0.25) is 4.40 Å². The van der Waals surface area contributed by atoms with Crippen molar-refractivity contribution in [3.63, 3.8) is 0 Å². The Balaban J connectivity index is 1.87. The highest BCUT2D eigenvalue weighted by Crippen LogP contribution is 2.33. The van der Waals surface area contributed by atoms with Gasteiger partial charge in [0.2, 0.25) is 5.16 Å². The number of fused-ring (bicyclic) bond motifs is 3. The second-order valence-electron chi connectivity index (χ2n) is 6.41. The number of rotatable bonds is 3. The summed E-state index contributed by atoms with van der Waals surface area (Å²) in [6, 6.07) is 10.5. The maximum atomic E-state index is 13.2. The lowest BCUT2D eigenvalue weighted by Gasteiger charge is -2.15. The highest BCUT2D eigenvalue weighted by atomic mass is 32.2. The van der Waals surface area contributed by atoms with Crippen molar-refractivity contribution in [3.8, 4) is 0 Å². The van der Waals surface area contributed by atoms with E-state index in [2.05, 4.69) is 20.2 Å². The molecular formula is C18H15F3N6S. The average molecular weight is 404 g/mol. The quantitative estimate of drug-likeness (QED) is 0.477. The molecule has 144 valence electrons. The smallest absolute Gasteiger partial charge is 0.363 e. The molecule has 3 aromatic heterocycles. The Morgan fingerprint density at radius 3 is 2.50 bits per heavy atom. The molecule has 28 heavy (non-hydrogen) atoms. The molecule has 1 aromatic carbocycles. The van der Waals surface area contributed by atoms with Gasteiger partial charge in [-0.15, -0.1) is 10.2 Å². The Bertz CT molecular complexity index is 1190. The lowest BCUT2D eigenvalue weighted by Crippen LogP contribution is -2.16. The van der Waals surface area contributed by atoms with Gasteiger partial charge in [0, 0.05) is 25.5 Å². The van der Waals surface area contributed by atoms with Crippen LogP contribution in [-0.2, 0) is 6.18 Å². The van der Waals surface area contributed by atoms with Crippen LogP contribution < -0.4 is 4.90 Å². The molecule has 0 bridgehead atoms. The molecule has 0 aliphatic heterocycles. The maximum Gasteiger partial charge on any atom is 0.433 e. The number of aryl methyl sites for hydroxylation is 1. The van der Waals surface area contributed by atoms with Gasteiger partial charge in [-0.2, -0.15) is 13.2 Å². The first-order chi connectivity index (χ1) is 13.2. The van der Waals surface area contributed by atoms with Crippen LogP contribution in [0.5, 0.6) is 0 Å². The number of alkyl halides is 3. The molecular weight excluding hydrogens is 389 g/mol. The van der Waals surface area contributed by atoms with Crippen LogP contribution in [-0.4, -0.2) is 38.7 Å². The summed E-state index contributed by atoms with van der Waals surface area (Å²) in [5.74, 6) is 0.166. The molecule has 10 heteroatoms. The molecule has 0 saturated carbocycles. The van der Waals surface area contributed by atoms with Gasteiger partial charge in [0.25, 0.3) is 0 Å². The van der Waals surface area contributed by atoms with E-state index in [1.54, 1.807) is 18.5 Å². The van der Waals surface area contributed by atoms with Gasteiger partial charge in [-0.05, 0) is 36.4 Å². The maximum absolute atomic E-state index is 13.2. The van der Waals surface area contributed by atoms with Crippen molar-refractivity contribution < 1.29 is 13.2 Å². The van der Waals surface area contributed by atoms with E-state index in [0.29, 0.717) is 10.8 Å². The van der Waals surface area contributed by atoms with Gasteiger partial charge in [-0.1, -0.05) is 18.2 Å². The van der Waals surface area contributed by atoms with E-state index in [1.807, 2.05) is 37.3 Å². The number of aromatic nitrogens is 5. The number of nitrogens with zero attached hydrogens (tertiary/aromatic N) is 6. The van der Waals surface area contributed by atoms with Gasteiger partial charge in [0.05, 0.1) is 5.52 Å². The first-order valence-corrected chi connectivity index (χ1v) is 9.10. The van der Waals surface area contributed by atoms with Crippen LogP contribution in [0.25, 0.3) is 16.6 Å². The molecule has 0 aliphatic rings. The zero-order chi connectivity index (χ0) is 20.1. The summed E-state index contributed by atoms with van der Waals surface area (Å²) in [4.78, 5) is 9.41. The summed E-state index contributed by atoms with van der Waals surface area (Å²) in [5, 5.41) is 9.67. The van der Waals surface area contributed by atoms with E-state index in [0.717, 1.165) is 34.3 Å². The van der Waals surface area contributed by atoms with Crippen molar-refractivity contribution in [2.75, 3.05) is 19.0 Å². The van der Waals surface area contributed by atoms with E-state index in [1.165, 1.54) is 4.90 Å². The Morgan fingerprint density at radius 2 is 1.79 bits per heavy atom.